The zero-order valence-corrected chi connectivity index (χ0v) is 11.6. The average molecular weight is 272 g/mol. The van der Waals surface area contributed by atoms with Crippen LogP contribution in [0.2, 0.25) is 0 Å². The standard InChI is InChI=1S/C13H24N2O4/c1-9(2)11(12(16)17)15-13(18)14-6-3-7-19-8-10-4-5-10/h9-11H,3-8H2,1-2H3,(H,16,17)(H2,14,15,18). The summed E-state index contributed by atoms with van der Waals surface area (Å²) in [5.74, 6) is -0.415. The fraction of sp³-hybridized carbons (Fsp3) is 0.846. The maximum absolute atomic E-state index is 11.5. The number of nitrogens with one attached hydrogen (secondary N) is 2. The minimum atomic E-state index is -1.02. The molecule has 0 aromatic carbocycles. The molecule has 3 N–H and O–H groups in total. The van der Waals surface area contributed by atoms with E-state index in [1.165, 1.54) is 12.8 Å². The van der Waals surface area contributed by atoms with Crippen LogP contribution >= 0.6 is 0 Å². The average Bonchev–Trinajstić information content (AvgIpc) is 3.13. The fourth-order valence-corrected chi connectivity index (χ4v) is 1.62. The Morgan fingerprint density at radius 3 is 2.58 bits per heavy atom. The molecule has 1 aliphatic carbocycles. The Morgan fingerprint density at radius 1 is 1.37 bits per heavy atom. The van der Waals surface area contributed by atoms with E-state index < -0.39 is 18.0 Å². The van der Waals surface area contributed by atoms with E-state index in [2.05, 4.69) is 10.6 Å². The van der Waals surface area contributed by atoms with Crippen LogP contribution in [0, 0.1) is 11.8 Å². The number of carboxylic acid groups (broad SMARTS) is 1. The highest BCUT2D eigenvalue weighted by Crippen LogP contribution is 2.28. The number of carboxylic acids is 1. The molecule has 0 aromatic heterocycles. The molecule has 6 nitrogen and oxygen atoms in total. The predicted octanol–water partition coefficient (Wildman–Crippen LogP) is 1.21. The maximum atomic E-state index is 11.5. The molecule has 2 amide bonds. The number of hydrogen-bond donors (Lipinski definition) is 3. The third kappa shape index (κ3) is 7.00. The molecule has 0 heterocycles. The molecule has 0 aromatic rings. The van der Waals surface area contributed by atoms with Crippen molar-refractivity contribution in [2.24, 2.45) is 11.8 Å². The Balaban J connectivity index is 2.03. The number of urea groups is 1. The number of carbonyl (C=O) groups excluding carboxylic acids is 1. The molecule has 0 radical (unpaired) electrons. The third-order valence-corrected chi connectivity index (χ3v) is 3.02. The van der Waals surface area contributed by atoms with Crippen molar-refractivity contribution in [3.63, 3.8) is 0 Å². The molecule has 110 valence electrons. The predicted molar refractivity (Wildman–Crippen MR) is 71.0 cm³/mol. The minimum Gasteiger partial charge on any atom is -0.480 e. The zero-order chi connectivity index (χ0) is 14.3. The summed E-state index contributed by atoms with van der Waals surface area (Å²) in [7, 11) is 0. The molecule has 1 aliphatic rings. The summed E-state index contributed by atoms with van der Waals surface area (Å²) >= 11 is 0. The topological polar surface area (TPSA) is 87.7 Å². The van der Waals surface area contributed by atoms with Gasteiger partial charge in [0.15, 0.2) is 0 Å². The largest absolute Gasteiger partial charge is 0.480 e. The number of amides is 2. The van der Waals surface area contributed by atoms with E-state index in [0.717, 1.165) is 18.9 Å². The van der Waals surface area contributed by atoms with Crippen molar-refractivity contribution in [1.82, 2.24) is 10.6 Å². The normalized spacial score (nSPS) is 16.2. The van der Waals surface area contributed by atoms with Gasteiger partial charge in [0.25, 0.3) is 0 Å². The van der Waals surface area contributed by atoms with Crippen LogP contribution in [0.25, 0.3) is 0 Å². The molecule has 6 heteroatoms. The number of carbonyl (C=O) groups is 2. The van der Waals surface area contributed by atoms with Crippen LogP contribution in [0.3, 0.4) is 0 Å². The molecule has 0 bridgehead atoms. The lowest BCUT2D eigenvalue weighted by atomic mass is 10.1. The second-order valence-corrected chi connectivity index (χ2v) is 5.33. The number of aliphatic carboxylic acids is 1. The first-order chi connectivity index (χ1) is 9.00. The van der Waals surface area contributed by atoms with Crippen LogP contribution < -0.4 is 10.6 Å². The first kappa shape index (κ1) is 15.8. The van der Waals surface area contributed by atoms with Crippen LogP contribution in [-0.4, -0.2) is 42.9 Å². The van der Waals surface area contributed by atoms with Crippen molar-refractivity contribution in [2.45, 2.75) is 39.2 Å². The highest BCUT2D eigenvalue weighted by Gasteiger charge is 2.23. The lowest BCUT2D eigenvalue weighted by molar-refractivity contribution is -0.140. The van der Waals surface area contributed by atoms with Crippen LogP contribution in [0.15, 0.2) is 0 Å². The van der Waals surface area contributed by atoms with Gasteiger partial charge in [-0.25, -0.2) is 9.59 Å². The van der Waals surface area contributed by atoms with E-state index in [1.807, 2.05) is 0 Å². The molecule has 1 unspecified atom stereocenters. The fourth-order valence-electron chi connectivity index (χ4n) is 1.62. The summed E-state index contributed by atoms with van der Waals surface area (Å²) in [5, 5.41) is 14.0. The Morgan fingerprint density at radius 2 is 2.05 bits per heavy atom. The summed E-state index contributed by atoms with van der Waals surface area (Å²) in [6.07, 6.45) is 3.28. The Kier molecular flexibility index (Phi) is 6.62. The highest BCUT2D eigenvalue weighted by molar-refractivity contribution is 5.82. The Labute approximate surface area is 113 Å². The minimum absolute atomic E-state index is 0.148. The van der Waals surface area contributed by atoms with Crippen molar-refractivity contribution in [2.75, 3.05) is 19.8 Å². The summed E-state index contributed by atoms with van der Waals surface area (Å²) in [6.45, 7) is 5.44. The Hall–Kier alpha value is -1.30. The van der Waals surface area contributed by atoms with Crippen molar-refractivity contribution < 1.29 is 19.4 Å². The lowest BCUT2D eigenvalue weighted by Crippen LogP contribution is -2.48. The second-order valence-electron chi connectivity index (χ2n) is 5.33. The third-order valence-electron chi connectivity index (χ3n) is 3.02. The van der Waals surface area contributed by atoms with Gasteiger partial charge in [0.2, 0.25) is 0 Å². The van der Waals surface area contributed by atoms with E-state index in [-0.39, 0.29) is 5.92 Å². The maximum Gasteiger partial charge on any atom is 0.326 e. The monoisotopic (exact) mass is 272 g/mol. The summed E-state index contributed by atoms with van der Waals surface area (Å²) in [4.78, 5) is 22.4. The van der Waals surface area contributed by atoms with Crippen LogP contribution in [0.5, 0.6) is 0 Å². The molecule has 19 heavy (non-hydrogen) atoms. The van der Waals surface area contributed by atoms with Gasteiger partial charge in [0, 0.05) is 19.8 Å². The van der Waals surface area contributed by atoms with Gasteiger partial charge >= 0.3 is 12.0 Å². The molecule has 1 rings (SSSR count). The number of ether oxygens (including phenoxy) is 1. The van der Waals surface area contributed by atoms with Crippen LogP contribution in [0.4, 0.5) is 4.79 Å². The van der Waals surface area contributed by atoms with Gasteiger partial charge in [0.1, 0.15) is 6.04 Å². The summed E-state index contributed by atoms with van der Waals surface area (Å²) < 4.78 is 5.43. The van der Waals surface area contributed by atoms with E-state index in [1.54, 1.807) is 13.8 Å². The van der Waals surface area contributed by atoms with Crippen molar-refractivity contribution in [3.05, 3.63) is 0 Å². The van der Waals surface area contributed by atoms with E-state index in [4.69, 9.17) is 9.84 Å². The smallest absolute Gasteiger partial charge is 0.326 e. The molecule has 1 saturated carbocycles. The molecule has 1 atom stereocenters. The SMILES string of the molecule is CC(C)C(NC(=O)NCCCOCC1CC1)C(=O)O. The van der Waals surface area contributed by atoms with Gasteiger partial charge < -0.3 is 20.5 Å². The first-order valence-electron chi connectivity index (χ1n) is 6.85. The van der Waals surface area contributed by atoms with Crippen molar-refractivity contribution in [3.8, 4) is 0 Å². The molecule has 1 fully saturated rings. The summed E-state index contributed by atoms with van der Waals surface area (Å²) in [6, 6.07) is -1.30. The zero-order valence-electron chi connectivity index (χ0n) is 11.6. The van der Waals surface area contributed by atoms with Gasteiger partial charge in [0.05, 0.1) is 0 Å². The van der Waals surface area contributed by atoms with Gasteiger partial charge in [-0.2, -0.15) is 0 Å². The number of hydrogen-bond acceptors (Lipinski definition) is 3. The second kappa shape index (κ2) is 7.99. The molecular formula is C13H24N2O4. The first-order valence-corrected chi connectivity index (χ1v) is 6.85. The van der Waals surface area contributed by atoms with Crippen molar-refractivity contribution in [1.29, 1.82) is 0 Å². The van der Waals surface area contributed by atoms with Crippen molar-refractivity contribution >= 4 is 12.0 Å². The van der Waals surface area contributed by atoms with Gasteiger partial charge in [-0.3, -0.25) is 0 Å². The quantitative estimate of drug-likeness (QED) is 0.551. The van der Waals surface area contributed by atoms with Gasteiger partial charge in [-0.1, -0.05) is 13.8 Å². The Bertz CT molecular complexity index is 303. The molecule has 0 spiro atoms. The molecular weight excluding hydrogens is 248 g/mol. The molecule has 0 aliphatic heterocycles. The summed E-state index contributed by atoms with van der Waals surface area (Å²) in [5.41, 5.74) is 0. The van der Waals surface area contributed by atoms with Gasteiger partial charge in [-0.15, -0.1) is 0 Å². The van der Waals surface area contributed by atoms with E-state index >= 15 is 0 Å². The van der Waals surface area contributed by atoms with Crippen LogP contribution in [0.1, 0.15) is 33.1 Å². The molecule has 0 saturated heterocycles. The lowest BCUT2D eigenvalue weighted by Gasteiger charge is -2.18. The highest BCUT2D eigenvalue weighted by atomic mass is 16.5. The van der Waals surface area contributed by atoms with Crippen LogP contribution in [-0.2, 0) is 9.53 Å². The van der Waals surface area contributed by atoms with Gasteiger partial charge in [-0.05, 0) is 31.1 Å². The number of rotatable bonds is 9. The van der Waals surface area contributed by atoms with E-state index in [9.17, 15) is 9.59 Å². The van der Waals surface area contributed by atoms with E-state index in [0.29, 0.717) is 13.2 Å².